The maximum atomic E-state index is 12.4. The first-order valence-corrected chi connectivity index (χ1v) is 8.72. The van der Waals surface area contributed by atoms with Crippen LogP contribution >= 0.6 is 0 Å². The number of pyridine rings is 1. The third-order valence-electron chi connectivity index (χ3n) is 4.55. The molecular formula is C18H25N5O2. The zero-order chi connectivity index (χ0) is 18.0. The number of aryl methyl sites for hydroxylation is 1. The van der Waals surface area contributed by atoms with Crippen LogP contribution in [-0.4, -0.2) is 26.8 Å². The van der Waals surface area contributed by atoms with Crippen LogP contribution in [0.4, 0.5) is 0 Å². The van der Waals surface area contributed by atoms with E-state index in [-0.39, 0.29) is 22.9 Å². The molecule has 7 heteroatoms. The summed E-state index contributed by atoms with van der Waals surface area (Å²) >= 11 is 0. The van der Waals surface area contributed by atoms with Gasteiger partial charge in [-0.1, -0.05) is 13.8 Å². The molecular weight excluding hydrogens is 318 g/mol. The van der Waals surface area contributed by atoms with Crippen molar-refractivity contribution in [3.05, 3.63) is 51.2 Å². The minimum absolute atomic E-state index is 0.161. The third kappa shape index (κ3) is 3.66. The van der Waals surface area contributed by atoms with Gasteiger partial charge in [0.2, 0.25) is 0 Å². The van der Waals surface area contributed by atoms with Crippen LogP contribution in [-0.2, 0) is 26.7 Å². The Hall–Kier alpha value is -2.41. The normalized spacial score (nSPS) is 14.2. The highest BCUT2D eigenvalue weighted by Gasteiger charge is 2.16. The van der Waals surface area contributed by atoms with E-state index in [1.165, 1.54) is 0 Å². The topological polar surface area (TPSA) is 81.0 Å². The SMILES string of the molecule is CC(C)c1ccc(C(=O)NCc2cc3n(n2)CCCNC3)c(=O)n1C. The summed E-state index contributed by atoms with van der Waals surface area (Å²) in [6.45, 7) is 7.02. The van der Waals surface area contributed by atoms with E-state index in [0.29, 0.717) is 6.54 Å². The van der Waals surface area contributed by atoms with Crippen molar-refractivity contribution in [3.63, 3.8) is 0 Å². The Morgan fingerprint density at radius 1 is 1.40 bits per heavy atom. The molecule has 3 heterocycles. The van der Waals surface area contributed by atoms with Crippen molar-refractivity contribution in [2.45, 2.75) is 45.8 Å². The van der Waals surface area contributed by atoms with E-state index in [4.69, 9.17) is 0 Å². The molecule has 0 fully saturated rings. The summed E-state index contributed by atoms with van der Waals surface area (Å²) in [4.78, 5) is 24.8. The number of carbonyl (C=O) groups excluding carboxylic acids is 1. The van der Waals surface area contributed by atoms with E-state index in [0.717, 1.165) is 43.1 Å². The van der Waals surface area contributed by atoms with Gasteiger partial charge in [-0.05, 0) is 37.1 Å². The second kappa shape index (κ2) is 7.23. The number of hydrogen-bond acceptors (Lipinski definition) is 4. The van der Waals surface area contributed by atoms with E-state index >= 15 is 0 Å². The molecule has 2 N–H and O–H groups in total. The molecule has 0 radical (unpaired) electrons. The van der Waals surface area contributed by atoms with Crippen LogP contribution in [0.3, 0.4) is 0 Å². The highest BCUT2D eigenvalue weighted by molar-refractivity contribution is 5.93. The molecule has 2 aromatic rings. The maximum absolute atomic E-state index is 12.4. The number of fused-ring (bicyclic) bond motifs is 1. The molecule has 7 nitrogen and oxygen atoms in total. The van der Waals surface area contributed by atoms with Gasteiger partial charge in [-0.25, -0.2) is 0 Å². The average Bonchev–Trinajstić information content (AvgIpc) is 2.84. The van der Waals surface area contributed by atoms with Gasteiger partial charge in [0.25, 0.3) is 11.5 Å². The first-order valence-electron chi connectivity index (χ1n) is 8.72. The fourth-order valence-electron chi connectivity index (χ4n) is 3.18. The Labute approximate surface area is 147 Å². The number of nitrogens with one attached hydrogen (secondary N) is 2. The minimum Gasteiger partial charge on any atom is -0.346 e. The fourth-order valence-corrected chi connectivity index (χ4v) is 3.18. The number of amides is 1. The van der Waals surface area contributed by atoms with Gasteiger partial charge in [-0.3, -0.25) is 14.3 Å². The zero-order valence-electron chi connectivity index (χ0n) is 15.0. The van der Waals surface area contributed by atoms with Crippen molar-refractivity contribution in [1.82, 2.24) is 25.0 Å². The Morgan fingerprint density at radius 2 is 2.20 bits per heavy atom. The summed E-state index contributed by atoms with van der Waals surface area (Å²) in [5.74, 6) is -0.137. The number of carbonyl (C=O) groups is 1. The highest BCUT2D eigenvalue weighted by Crippen LogP contribution is 2.12. The van der Waals surface area contributed by atoms with Crippen molar-refractivity contribution >= 4 is 5.91 Å². The third-order valence-corrected chi connectivity index (χ3v) is 4.55. The summed E-state index contributed by atoms with van der Waals surface area (Å²) in [5.41, 5.74) is 2.73. The summed E-state index contributed by atoms with van der Waals surface area (Å²) in [7, 11) is 1.70. The molecule has 25 heavy (non-hydrogen) atoms. The van der Waals surface area contributed by atoms with E-state index in [9.17, 15) is 9.59 Å². The Balaban J connectivity index is 1.71. The highest BCUT2D eigenvalue weighted by atomic mass is 16.2. The first-order chi connectivity index (χ1) is 12.0. The molecule has 0 atom stereocenters. The largest absolute Gasteiger partial charge is 0.346 e. The van der Waals surface area contributed by atoms with Gasteiger partial charge in [0, 0.05) is 25.8 Å². The molecule has 0 aliphatic carbocycles. The van der Waals surface area contributed by atoms with Crippen LogP contribution in [0.1, 0.15) is 53.6 Å². The number of aromatic nitrogens is 3. The second-order valence-electron chi connectivity index (χ2n) is 6.75. The molecule has 0 saturated carbocycles. The van der Waals surface area contributed by atoms with Gasteiger partial charge in [0.05, 0.1) is 17.9 Å². The van der Waals surface area contributed by atoms with Crippen LogP contribution in [0, 0.1) is 0 Å². The van der Waals surface area contributed by atoms with Crippen LogP contribution in [0.2, 0.25) is 0 Å². The lowest BCUT2D eigenvalue weighted by molar-refractivity contribution is 0.0948. The van der Waals surface area contributed by atoms with Crippen LogP contribution < -0.4 is 16.2 Å². The fraction of sp³-hybridized carbons (Fsp3) is 0.500. The van der Waals surface area contributed by atoms with Crippen LogP contribution in [0.5, 0.6) is 0 Å². The summed E-state index contributed by atoms with van der Waals surface area (Å²) in [5, 5.41) is 10.7. The molecule has 134 valence electrons. The van der Waals surface area contributed by atoms with E-state index in [2.05, 4.69) is 15.7 Å². The quantitative estimate of drug-likeness (QED) is 0.872. The van der Waals surface area contributed by atoms with Crippen molar-refractivity contribution in [2.75, 3.05) is 6.54 Å². The van der Waals surface area contributed by atoms with E-state index in [1.54, 1.807) is 17.7 Å². The number of rotatable bonds is 4. The maximum Gasteiger partial charge on any atom is 0.263 e. The lowest BCUT2D eigenvalue weighted by atomic mass is 10.1. The first kappa shape index (κ1) is 17.4. The molecule has 2 aromatic heterocycles. The number of hydrogen-bond donors (Lipinski definition) is 2. The zero-order valence-corrected chi connectivity index (χ0v) is 15.0. The molecule has 3 rings (SSSR count). The average molecular weight is 343 g/mol. The van der Waals surface area contributed by atoms with Gasteiger partial charge >= 0.3 is 0 Å². The minimum atomic E-state index is -0.364. The van der Waals surface area contributed by atoms with Crippen LogP contribution in [0.25, 0.3) is 0 Å². The molecule has 0 aromatic carbocycles. The molecule has 1 aliphatic heterocycles. The molecule has 1 aliphatic rings. The molecule has 0 unspecified atom stereocenters. The summed E-state index contributed by atoms with van der Waals surface area (Å²) in [6.07, 6.45) is 1.04. The predicted molar refractivity (Wildman–Crippen MR) is 95.5 cm³/mol. The smallest absolute Gasteiger partial charge is 0.263 e. The summed E-state index contributed by atoms with van der Waals surface area (Å²) in [6, 6.07) is 5.45. The lowest BCUT2D eigenvalue weighted by Gasteiger charge is -2.12. The van der Waals surface area contributed by atoms with Gasteiger partial charge in [0.15, 0.2) is 0 Å². The van der Waals surface area contributed by atoms with Gasteiger partial charge < -0.3 is 15.2 Å². The molecule has 0 saturated heterocycles. The van der Waals surface area contributed by atoms with E-state index in [1.807, 2.05) is 30.7 Å². The van der Waals surface area contributed by atoms with Crippen molar-refractivity contribution in [3.8, 4) is 0 Å². The Kier molecular flexibility index (Phi) is 5.03. The Bertz CT molecular complexity index is 811. The van der Waals surface area contributed by atoms with Crippen molar-refractivity contribution in [1.29, 1.82) is 0 Å². The van der Waals surface area contributed by atoms with Crippen molar-refractivity contribution in [2.24, 2.45) is 7.05 Å². The second-order valence-corrected chi connectivity index (χ2v) is 6.75. The van der Waals surface area contributed by atoms with Crippen molar-refractivity contribution < 1.29 is 4.79 Å². The lowest BCUT2D eigenvalue weighted by Crippen LogP contribution is -2.33. The predicted octanol–water partition coefficient (Wildman–Crippen LogP) is 1.13. The standard InChI is InChI=1S/C18H25N5O2/c1-12(2)16-6-5-15(18(25)22(16)3)17(24)20-10-13-9-14-11-19-7-4-8-23(14)21-13/h5-6,9,12,19H,4,7-8,10-11H2,1-3H3,(H,20,24). The van der Waals surface area contributed by atoms with Gasteiger partial charge in [-0.2, -0.15) is 5.10 Å². The van der Waals surface area contributed by atoms with E-state index < -0.39 is 0 Å². The van der Waals surface area contributed by atoms with Crippen LogP contribution in [0.15, 0.2) is 23.0 Å². The molecule has 0 bridgehead atoms. The molecule has 0 spiro atoms. The van der Waals surface area contributed by atoms with Gasteiger partial charge in [-0.15, -0.1) is 0 Å². The monoisotopic (exact) mass is 343 g/mol. The van der Waals surface area contributed by atoms with Gasteiger partial charge in [0.1, 0.15) is 5.56 Å². The number of nitrogens with zero attached hydrogens (tertiary/aromatic N) is 3. The Morgan fingerprint density at radius 3 is 2.96 bits per heavy atom. The molecule has 1 amide bonds. The summed E-state index contributed by atoms with van der Waals surface area (Å²) < 4.78 is 3.53.